The average molecular weight is 650 g/mol. The molecule has 0 radical (unpaired) electrons. The zero-order valence-electron chi connectivity index (χ0n) is 26.9. The van der Waals surface area contributed by atoms with Gasteiger partial charge in [0.05, 0.1) is 16.8 Å². The van der Waals surface area contributed by atoms with Gasteiger partial charge >= 0.3 is 0 Å². The topological polar surface area (TPSA) is 130 Å². The number of aromatic hydroxyl groups is 1. The molecule has 49 heavy (non-hydrogen) atoms. The maximum absolute atomic E-state index is 13.0. The van der Waals surface area contributed by atoms with Gasteiger partial charge in [0.1, 0.15) is 17.1 Å². The summed E-state index contributed by atoms with van der Waals surface area (Å²) in [6.07, 6.45) is 4.30. The lowest BCUT2D eigenvalue weighted by molar-refractivity contribution is -0.0336. The average Bonchev–Trinajstić information content (AvgIpc) is 3.50. The van der Waals surface area contributed by atoms with Crippen molar-refractivity contribution >= 4 is 29.2 Å². The number of aromatic nitrogens is 4. The Balaban J connectivity index is 0.978. The molecule has 0 aliphatic carbocycles. The zero-order valence-corrected chi connectivity index (χ0v) is 26.9. The maximum Gasteiger partial charge on any atom is 0.253 e. The van der Waals surface area contributed by atoms with Crippen molar-refractivity contribution in [1.29, 1.82) is 0 Å². The first kappa shape index (κ1) is 30.5. The van der Waals surface area contributed by atoms with E-state index in [1.807, 2.05) is 47.4 Å². The van der Waals surface area contributed by atoms with Crippen molar-refractivity contribution in [2.45, 2.75) is 19.4 Å². The van der Waals surface area contributed by atoms with E-state index in [0.717, 1.165) is 66.1 Å². The fourth-order valence-corrected chi connectivity index (χ4v) is 7.14. The summed E-state index contributed by atoms with van der Waals surface area (Å²) in [6, 6.07) is 30.9. The lowest BCUT2D eigenvalue weighted by Gasteiger charge is -2.54. The molecular formula is C39H35N7O3. The second-order valence-electron chi connectivity index (χ2n) is 13.1. The summed E-state index contributed by atoms with van der Waals surface area (Å²) in [5.41, 5.74) is 13.4. The normalized spacial score (nSPS) is 15.7. The Morgan fingerprint density at radius 1 is 0.898 bits per heavy atom. The molecule has 0 saturated carbocycles. The molecule has 10 nitrogen and oxygen atoms in total. The van der Waals surface area contributed by atoms with Gasteiger partial charge in [-0.2, -0.15) is 0 Å². The number of imidazole rings is 1. The summed E-state index contributed by atoms with van der Waals surface area (Å²) in [7, 11) is 0. The Kier molecular flexibility index (Phi) is 7.64. The number of hydrogen-bond acceptors (Lipinski definition) is 8. The molecule has 0 unspecified atom stereocenters. The molecule has 3 N–H and O–H groups in total. The highest BCUT2D eigenvalue weighted by molar-refractivity contribution is 5.97. The molecule has 0 atom stereocenters. The Morgan fingerprint density at radius 3 is 2.41 bits per heavy atom. The third kappa shape index (κ3) is 5.70. The van der Waals surface area contributed by atoms with Gasteiger partial charge in [0, 0.05) is 48.1 Å². The number of nitrogens with zero attached hydrogens (tertiary/aromatic N) is 6. The van der Waals surface area contributed by atoms with Crippen LogP contribution in [-0.2, 0) is 6.54 Å². The van der Waals surface area contributed by atoms with E-state index in [2.05, 4.69) is 50.8 Å². The van der Waals surface area contributed by atoms with E-state index in [-0.39, 0.29) is 22.6 Å². The number of piperidine rings is 1. The van der Waals surface area contributed by atoms with Crippen LogP contribution in [0.25, 0.3) is 39.5 Å². The van der Waals surface area contributed by atoms with Crippen molar-refractivity contribution in [2.75, 3.05) is 31.9 Å². The van der Waals surface area contributed by atoms with E-state index >= 15 is 0 Å². The summed E-state index contributed by atoms with van der Waals surface area (Å²) >= 11 is 0. The van der Waals surface area contributed by atoms with Crippen LogP contribution in [0.15, 0.2) is 103 Å². The Bertz CT molecular complexity index is 2180. The highest BCUT2D eigenvalue weighted by atomic mass is 16.3. The monoisotopic (exact) mass is 649 g/mol. The largest absolute Gasteiger partial charge is 0.507 e. The van der Waals surface area contributed by atoms with Gasteiger partial charge in [-0.3, -0.25) is 19.1 Å². The smallest absolute Gasteiger partial charge is 0.253 e. The highest BCUT2D eigenvalue weighted by Gasteiger charge is 2.46. The van der Waals surface area contributed by atoms with Crippen molar-refractivity contribution < 1.29 is 14.7 Å². The number of aldehydes is 1. The number of carbonyl (C=O) groups excluding carboxylic acids is 2. The van der Waals surface area contributed by atoms with Crippen LogP contribution in [0.3, 0.4) is 0 Å². The van der Waals surface area contributed by atoms with Gasteiger partial charge in [-0.05, 0) is 86.1 Å². The number of phenolic OH excluding ortho intramolecular Hbond substituents is 1. The van der Waals surface area contributed by atoms with E-state index in [0.29, 0.717) is 36.6 Å². The van der Waals surface area contributed by atoms with E-state index in [1.54, 1.807) is 12.3 Å². The standard InChI is InChI=1S/C39H35N7O3/c40-35-31(7-4-18-41-35)36-43-33-14-13-32(27-5-2-1-3-6-27)42-37(33)46(36)30-11-8-26(9-12-30)22-44-19-16-39(17-20-44)24-45(25-39)38(49)28-10-15-34(48)29(21-28)23-47/h1-15,18,21,23,48H,16-17,19-20,22,24-25H2,(H2,40,41). The highest BCUT2D eigenvalue weighted by Crippen LogP contribution is 2.41. The van der Waals surface area contributed by atoms with E-state index in [1.165, 1.54) is 17.7 Å². The number of nitrogens with two attached hydrogens (primary N) is 1. The van der Waals surface area contributed by atoms with Crippen LogP contribution < -0.4 is 5.73 Å². The number of rotatable bonds is 7. The molecule has 2 aliphatic heterocycles. The minimum absolute atomic E-state index is 0.0947. The summed E-state index contributed by atoms with van der Waals surface area (Å²) in [6.45, 7) is 4.19. The van der Waals surface area contributed by atoms with Crippen molar-refractivity contribution in [2.24, 2.45) is 5.41 Å². The number of amides is 1. The molecule has 2 fully saturated rings. The first-order chi connectivity index (χ1) is 23.9. The predicted octanol–water partition coefficient (Wildman–Crippen LogP) is 5.99. The third-order valence-electron chi connectivity index (χ3n) is 9.91. The van der Waals surface area contributed by atoms with Crippen molar-refractivity contribution in [3.05, 3.63) is 120 Å². The van der Waals surface area contributed by atoms with E-state index < -0.39 is 0 Å². The number of carbonyl (C=O) groups is 2. The van der Waals surface area contributed by atoms with Gasteiger partial charge in [-0.15, -0.1) is 0 Å². The Hall–Kier alpha value is -5.87. The number of anilines is 1. The van der Waals surface area contributed by atoms with Gasteiger partial charge in [-0.25, -0.2) is 15.0 Å². The summed E-state index contributed by atoms with van der Waals surface area (Å²) in [5.74, 6) is 0.893. The molecule has 3 aromatic heterocycles. The summed E-state index contributed by atoms with van der Waals surface area (Å²) < 4.78 is 2.06. The first-order valence-electron chi connectivity index (χ1n) is 16.4. The lowest BCUT2D eigenvalue weighted by atomic mass is 9.71. The van der Waals surface area contributed by atoms with Crippen LogP contribution in [-0.4, -0.2) is 72.8 Å². The zero-order chi connectivity index (χ0) is 33.5. The van der Waals surface area contributed by atoms with Crippen molar-refractivity contribution in [3.8, 4) is 34.1 Å². The number of hydrogen-bond donors (Lipinski definition) is 2. The van der Waals surface area contributed by atoms with Gasteiger partial charge in [0.2, 0.25) is 0 Å². The number of nitrogen functional groups attached to an aromatic ring is 1. The van der Waals surface area contributed by atoms with Crippen LogP contribution in [0.2, 0.25) is 0 Å². The molecule has 10 heteroatoms. The van der Waals surface area contributed by atoms with Gasteiger partial charge in [-0.1, -0.05) is 42.5 Å². The van der Waals surface area contributed by atoms with Crippen molar-refractivity contribution in [3.63, 3.8) is 0 Å². The van der Waals surface area contributed by atoms with Crippen molar-refractivity contribution in [1.82, 2.24) is 29.3 Å². The van der Waals surface area contributed by atoms with Gasteiger partial charge in [0.25, 0.3) is 5.91 Å². The van der Waals surface area contributed by atoms with E-state index in [4.69, 9.17) is 15.7 Å². The minimum atomic E-state index is -0.113. The molecular weight excluding hydrogens is 614 g/mol. The van der Waals surface area contributed by atoms with Crippen LogP contribution in [0.1, 0.15) is 39.1 Å². The third-order valence-corrected chi connectivity index (χ3v) is 9.91. The second-order valence-corrected chi connectivity index (χ2v) is 13.1. The summed E-state index contributed by atoms with van der Waals surface area (Å²) in [5, 5.41) is 9.79. The Labute approximate surface area is 283 Å². The van der Waals surface area contributed by atoms with Crippen LogP contribution in [0.5, 0.6) is 5.75 Å². The molecule has 2 saturated heterocycles. The lowest BCUT2D eigenvalue weighted by Crippen LogP contribution is -2.61. The molecule has 2 aliphatic rings. The predicted molar refractivity (Wildman–Crippen MR) is 188 cm³/mol. The van der Waals surface area contributed by atoms with Crippen LogP contribution in [0.4, 0.5) is 5.82 Å². The minimum Gasteiger partial charge on any atom is -0.507 e. The molecule has 1 spiro atoms. The Morgan fingerprint density at radius 2 is 1.67 bits per heavy atom. The fourth-order valence-electron chi connectivity index (χ4n) is 7.14. The van der Waals surface area contributed by atoms with Crippen LogP contribution >= 0.6 is 0 Å². The fraction of sp³-hybridized carbons (Fsp3) is 0.205. The number of fused-ring (bicyclic) bond motifs is 1. The molecule has 5 heterocycles. The first-order valence-corrected chi connectivity index (χ1v) is 16.4. The molecule has 3 aromatic carbocycles. The number of likely N-dealkylation sites (tertiary alicyclic amines) is 2. The summed E-state index contributed by atoms with van der Waals surface area (Å²) in [4.78, 5) is 42.9. The SMILES string of the molecule is Nc1ncccc1-c1nc2ccc(-c3ccccc3)nc2n1-c1ccc(CN2CCC3(CC2)CN(C(=O)c2ccc(O)c(C=O)c2)C3)cc1. The molecule has 1 amide bonds. The number of pyridine rings is 2. The van der Waals surface area contributed by atoms with Gasteiger partial charge < -0.3 is 15.7 Å². The molecule has 8 rings (SSSR count). The number of phenols is 1. The molecule has 244 valence electrons. The van der Waals surface area contributed by atoms with Gasteiger partial charge in [0.15, 0.2) is 17.8 Å². The molecule has 0 bridgehead atoms. The van der Waals surface area contributed by atoms with Crippen LogP contribution in [0, 0.1) is 5.41 Å². The quantitative estimate of drug-likeness (QED) is 0.202. The number of benzene rings is 3. The molecule has 6 aromatic rings. The second kappa shape index (κ2) is 12.3. The maximum atomic E-state index is 13.0. The van der Waals surface area contributed by atoms with E-state index in [9.17, 15) is 14.7 Å².